The molecule has 0 rings (SSSR count). The number of thioether (sulfide) groups is 1. The second kappa shape index (κ2) is 6.94. The van der Waals surface area contributed by atoms with Gasteiger partial charge in [0.25, 0.3) is 0 Å². The molecular weight excluding hydrogens is 224 g/mol. The fourth-order valence-electron chi connectivity index (χ4n) is 0.976. The maximum absolute atomic E-state index is 11.5. The third-order valence-corrected chi connectivity index (χ3v) is 2.97. The third-order valence-electron chi connectivity index (χ3n) is 2.05. The van der Waals surface area contributed by atoms with Crippen LogP contribution in [0.3, 0.4) is 0 Å². The number of Topliss-reactive ketones (excluding diaryl/α,β-unsaturated/α-hetero) is 1. The smallest absolute Gasteiger partial charge is 0.316 e. The molecule has 0 spiro atoms. The molecule has 0 aliphatic heterocycles. The lowest BCUT2D eigenvalue weighted by Gasteiger charge is -2.19. The Morgan fingerprint density at radius 3 is 2.25 bits per heavy atom. The molecule has 0 aliphatic rings. The van der Waals surface area contributed by atoms with E-state index in [-0.39, 0.29) is 23.4 Å². The van der Waals surface area contributed by atoms with Crippen molar-refractivity contribution in [1.29, 1.82) is 0 Å². The molecule has 1 atom stereocenters. The van der Waals surface area contributed by atoms with E-state index in [4.69, 9.17) is 4.74 Å². The molecule has 0 aromatic rings. The van der Waals surface area contributed by atoms with Gasteiger partial charge in [-0.3, -0.25) is 9.59 Å². The summed E-state index contributed by atoms with van der Waals surface area (Å²) in [5, 5.41) is 0. The summed E-state index contributed by atoms with van der Waals surface area (Å²) in [4.78, 5) is 22.8. The highest BCUT2D eigenvalue weighted by molar-refractivity contribution is 8.00. The minimum atomic E-state index is -0.446. The van der Waals surface area contributed by atoms with E-state index in [0.717, 1.165) is 6.42 Å². The van der Waals surface area contributed by atoms with Crippen molar-refractivity contribution < 1.29 is 14.3 Å². The number of hydrogen-bond acceptors (Lipinski definition) is 4. The largest absolute Gasteiger partial charge is 0.459 e. The molecule has 0 heterocycles. The van der Waals surface area contributed by atoms with Gasteiger partial charge in [0, 0.05) is 5.92 Å². The molecule has 0 saturated carbocycles. The summed E-state index contributed by atoms with van der Waals surface area (Å²) in [7, 11) is 0. The molecule has 0 N–H and O–H groups in total. The maximum atomic E-state index is 11.5. The first-order valence-corrected chi connectivity index (χ1v) is 6.74. The molecule has 0 saturated heterocycles. The van der Waals surface area contributed by atoms with Crippen LogP contribution < -0.4 is 0 Å². The molecule has 3 nitrogen and oxygen atoms in total. The van der Waals surface area contributed by atoms with Gasteiger partial charge in [0.1, 0.15) is 11.4 Å². The predicted octanol–water partition coefficient (Wildman–Crippen LogP) is 2.68. The minimum Gasteiger partial charge on any atom is -0.459 e. The Labute approximate surface area is 102 Å². The van der Waals surface area contributed by atoms with Gasteiger partial charge in [0.05, 0.1) is 11.5 Å². The van der Waals surface area contributed by atoms with Gasteiger partial charge in [-0.05, 0) is 27.2 Å². The molecule has 0 radical (unpaired) electrons. The van der Waals surface area contributed by atoms with E-state index < -0.39 is 5.60 Å². The van der Waals surface area contributed by atoms with Gasteiger partial charge >= 0.3 is 5.97 Å². The molecule has 0 aliphatic carbocycles. The Balaban J connectivity index is 3.75. The SMILES string of the molecule is CCC(C)C(=O)CSCC(=O)OC(C)(C)C. The lowest BCUT2D eigenvalue weighted by atomic mass is 10.1. The van der Waals surface area contributed by atoms with Crippen LogP contribution >= 0.6 is 11.8 Å². The summed E-state index contributed by atoms with van der Waals surface area (Å²) < 4.78 is 5.14. The van der Waals surface area contributed by atoms with E-state index in [2.05, 4.69) is 0 Å². The van der Waals surface area contributed by atoms with Crippen molar-refractivity contribution in [2.45, 2.75) is 46.6 Å². The van der Waals surface area contributed by atoms with Crippen LogP contribution in [0.4, 0.5) is 0 Å². The Morgan fingerprint density at radius 2 is 1.81 bits per heavy atom. The highest BCUT2D eigenvalue weighted by atomic mass is 32.2. The zero-order chi connectivity index (χ0) is 12.8. The van der Waals surface area contributed by atoms with Crippen LogP contribution in [0.5, 0.6) is 0 Å². The zero-order valence-corrected chi connectivity index (χ0v) is 11.6. The van der Waals surface area contributed by atoms with Gasteiger partial charge in [-0.1, -0.05) is 13.8 Å². The average molecular weight is 246 g/mol. The Kier molecular flexibility index (Phi) is 6.72. The van der Waals surface area contributed by atoms with E-state index in [0.29, 0.717) is 5.75 Å². The number of esters is 1. The molecule has 94 valence electrons. The summed E-state index contributed by atoms with van der Waals surface area (Å²) in [5.41, 5.74) is -0.446. The van der Waals surface area contributed by atoms with E-state index in [1.165, 1.54) is 11.8 Å². The van der Waals surface area contributed by atoms with Crippen molar-refractivity contribution in [3.63, 3.8) is 0 Å². The summed E-state index contributed by atoms with van der Waals surface area (Å²) in [6.07, 6.45) is 0.853. The molecule has 4 heteroatoms. The van der Waals surface area contributed by atoms with Crippen LogP contribution in [0.2, 0.25) is 0 Å². The first kappa shape index (κ1) is 15.5. The van der Waals surface area contributed by atoms with Gasteiger partial charge in [-0.15, -0.1) is 11.8 Å². The molecule has 0 amide bonds. The van der Waals surface area contributed by atoms with Crippen LogP contribution in [-0.2, 0) is 14.3 Å². The Morgan fingerprint density at radius 1 is 1.25 bits per heavy atom. The van der Waals surface area contributed by atoms with Crippen LogP contribution in [0.1, 0.15) is 41.0 Å². The highest BCUT2D eigenvalue weighted by Crippen LogP contribution is 2.12. The summed E-state index contributed by atoms with van der Waals surface area (Å²) >= 11 is 1.33. The van der Waals surface area contributed by atoms with Crippen molar-refractivity contribution in [1.82, 2.24) is 0 Å². The Bertz CT molecular complexity index is 243. The van der Waals surface area contributed by atoms with Crippen LogP contribution in [0.15, 0.2) is 0 Å². The molecule has 0 fully saturated rings. The van der Waals surface area contributed by atoms with Crippen molar-refractivity contribution in [2.75, 3.05) is 11.5 Å². The highest BCUT2D eigenvalue weighted by Gasteiger charge is 2.17. The van der Waals surface area contributed by atoms with E-state index in [9.17, 15) is 9.59 Å². The summed E-state index contributed by atoms with van der Waals surface area (Å²) in [6, 6.07) is 0. The van der Waals surface area contributed by atoms with Gasteiger partial charge in [0.2, 0.25) is 0 Å². The molecule has 1 unspecified atom stereocenters. The normalized spacial score (nSPS) is 13.3. The molecular formula is C12H22O3S. The number of hydrogen-bond donors (Lipinski definition) is 0. The number of carbonyl (C=O) groups excluding carboxylic acids is 2. The Hall–Kier alpha value is -0.510. The van der Waals surface area contributed by atoms with Gasteiger partial charge in [-0.25, -0.2) is 0 Å². The van der Waals surface area contributed by atoms with Crippen molar-refractivity contribution in [3.05, 3.63) is 0 Å². The predicted molar refractivity (Wildman–Crippen MR) is 67.6 cm³/mol. The van der Waals surface area contributed by atoms with Crippen LogP contribution in [0, 0.1) is 5.92 Å². The fraction of sp³-hybridized carbons (Fsp3) is 0.833. The van der Waals surface area contributed by atoms with Crippen molar-refractivity contribution in [3.8, 4) is 0 Å². The van der Waals surface area contributed by atoms with Crippen LogP contribution in [-0.4, -0.2) is 28.9 Å². The molecule has 16 heavy (non-hydrogen) atoms. The molecule has 0 bridgehead atoms. The lowest BCUT2D eigenvalue weighted by molar-refractivity contribution is -0.151. The summed E-state index contributed by atoms with van der Waals surface area (Å²) in [6.45, 7) is 9.40. The van der Waals surface area contributed by atoms with Crippen LogP contribution in [0.25, 0.3) is 0 Å². The lowest BCUT2D eigenvalue weighted by Crippen LogP contribution is -2.25. The number of carbonyl (C=O) groups is 2. The number of rotatable bonds is 6. The van der Waals surface area contributed by atoms with E-state index >= 15 is 0 Å². The summed E-state index contributed by atoms with van der Waals surface area (Å²) in [5.74, 6) is 0.685. The van der Waals surface area contributed by atoms with Crippen molar-refractivity contribution in [2.24, 2.45) is 5.92 Å². The third kappa shape index (κ3) is 7.74. The first-order chi connectivity index (χ1) is 7.26. The van der Waals surface area contributed by atoms with Gasteiger partial charge in [-0.2, -0.15) is 0 Å². The van der Waals surface area contributed by atoms with Crippen molar-refractivity contribution >= 4 is 23.5 Å². The second-order valence-electron chi connectivity index (χ2n) is 4.85. The van der Waals surface area contributed by atoms with E-state index in [1.807, 2.05) is 34.6 Å². The van der Waals surface area contributed by atoms with E-state index in [1.54, 1.807) is 0 Å². The molecule has 0 aromatic heterocycles. The second-order valence-corrected chi connectivity index (χ2v) is 5.84. The van der Waals surface area contributed by atoms with Gasteiger partial charge in [0.15, 0.2) is 0 Å². The minimum absolute atomic E-state index is 0.0890. The topological polar surface area (TPSA) is 43.4 Å². The maximum Gasteiger partial charge on any atom is 0.316 e. The zero-order valence-electron chi connectivity index (χ0n) is 10.8. The number of ketones is 1. The first-order valence-electron chi connectivity index (χ1n) is 5.58. The monoisotopic (exact) mass is 246 g/mol. The van der Waals surface area contributed by atoms with Gasteiger partial charge < -0.3 is 4.74 Å². The molecule has 0 aromatic carbocycles. The number of ether oxygens (including phenoxy) is 1. The standard InChI is InChI=1S/C12H22O3S/c1-6-9(2)10(13)7-16-8-11(14)15-12(3,4)5/h9H,6-8H2,1-5H3. The average Bonchev–Trinajstić information content (AvgIpc) is 2.13. The fourth-order valence-corrected chi connectivity index (χ4v) is 1.79. The quantitative estimate of drug-likeness (QED) is 0.676.